The summed E-state index contributed by atoms with van der Waals surface area (Å²) in [6.45, 7) is 5.02. The summed E-state index contributed by atoms with van der Waals surface area (Å²) >= 11 is 5.94. The minimum atomic E-state index is -0.0445. The van der Waals surface area contributed by atoms with E-state index < -0.39 is 0 Å². The first-order valence-corrected chi connectivity index (χ1v) is 8.33. The predicted octanol–water partition coefficient (Wildman–Crippen LogP) is 4.32. The van der Waals surface area contributed by atoms with Crippen LogP contribution in [0.5, 0.6) is 0 Å². The van der Waals surface area contributed by atoms with Crippen LogP contribution in [0.25, 0.3) is 17.0 Å². The molecule has 0 aliphatic rings. The van der Waals surface area contributed by atoms with E-state index >= 15 is 0 Å². The molecule has 0 saturated carbocycles. The number of hydrogen-bond donors (Lipinski definition) is 0. The topological polar surface area (TPSA) is 39.3 Å². The quantitative estimate of drug-likeness (QED) is 0.654. The molecule has 4 nitrogen and oxygen atoms in total. The minimum absolute atomic E-state index is 0.0445. The van der Waals surface area contributed by atoms with E-state index in [1.165, 1.54) is 12.8 Å². The number of hydrogen-bond acceptors (Lipinski definition) is 2. The maximum Gasteiger partial charge on any atom is 0.259 e. The van der Waals surface area contributed by atoms with Crippen LogP contribution in [0.15, 0.2) is 41.3 Å². The second-order valence-corrected chi connectivity index (χ2v) is 6.22. The van der Waals surface area contributed by atoms with E-state index in [0.717, 1.165) is 29.9 Å². The van der Waals surface area contributed by atoms with Gasteiger partial charge in [-0.3, -0.25) is 9.20 Å². The highest BCUT2D eigenvalue weighted by molar-refractivity contribution is 6.30. The van der Waals surface area contributed by atoms with Gasteiger partial charge < -0.3 is 4.57 Å². The van der Waals surface area contributed by atoms with Crippen molar-refractivity contribution < 1.29 is 0 Å². The van der Waals surface area contributed by atoms with Gasteiger partial charge in [-0.15, -0.1) is 0 Å². The maximum absolute atomic E-state index is 12.3. The van der Waals surface area contributed by atoms with E-state index in [1.807, 2.05) is 31.2 Å². The molecule has 0 amide bonds. The summed E-state index contributed by atoms with van der Waals surface area (Å²) in [6, 6.07) is 9.18. The monoisotopic (exact) mass is 329 g/mol. The number of imidazole rings is 1. The maximum atomic E-state index is 12.3. The van der Waals surface area contributed by atoms with Crippen molar-refractivity contribution in [2.45, 2.75) is 39.7 Å². The highest BCUT2D eigenvalue weighted by Crippen LogP contribution is 2.21. The first kappa shape index (κ1) is 15.8. The Morgan fingerprint density at radius 1 is 1.17 bits per heavy atom. The fraction of sp³-hybridized carbons (Fsp3) is 0.333. The largest absolute Gasteiger partial charge is 0.315 e. The van der Waals surface area contributed by atoms with Crippen LogP contribution >= 0.6 is 11.6 Å². The van der Waals surface area contributed by atoms with E-state index in [0.29, 0.717) is 10.8 Å². The number of halogens is 1. The SMILES string of the molecule is CCCCCn1c(C)cc(=O)n2cc(-c3ccc(Cl)cc3)nc12. The van der Waals surface area contributed by atoms with Crippen LogP contribution in [-0.4, -0.2) is 14.0 Å². The molecule has 0 unspecified atom stereocenters. The lowest BCUT2D eigenvalue weighted by atomic mass is 10.2. The first-order valence-electron chi connectivity index (χ1n) is 7.95. The number of aromatic nitrogens is 3. The van der Waals surface area contributed by atoms with Gasteiger partial charge in [0.05, 0.1) is 5.69 Å². The highest BCUT2D eigenvalue weighted by atomic mass is 35.5. The van der Waals surface area contributed by atoms with Crippen molar-refractivity contribution in [2.75, 3.05) is 0 Å². The summed E-state index contributed by atoms with van der Waals surface area (Å²) in [7, 11) is 0. The van der Waals surface area contributed by atoms with Gasteiger partial charge >= 0.3 is 0 Å². The van der Waals surface area contributed by atoms with Crippen molar-refractivity contribution in [1.82, 2.24) is 14.0 Å². The second kappa shape index (κ2) is 6.59. The predicted molar refractivity (Wildman–Crippen MR) is 94.2 cm³/mol. The Bertz CT molecular complexity index is 878. The zero-order valence-corrected chi connectivity index (χ0v) is 14.2. The van der Waals surface area contributed by atoms with E-state index in [-0.39, 0.29) is 5.56 Å². The van der Waals surface area contributed by atoms with Crippen LogP contribution < -0.4 is 5.56 Å². The molecule has 2 aromatic heterocycles. The number of rotatable bonds is 5. The van der Waals surface area contributed by atoms with Gasteiger partial charge in [0.15, 0.2) is 0 Å². The van der Waals surface area contributed by atoms with Gasteiger partial charge in [0.1, 0.15) is 0 Å². The second-order valence-electron chi connectivity index (χ2n) is 5.79. The van der Waals surface area contributed by atoms with Gasteiger partial charge in [0, 0.05) is 35.1 Å². The fourth-order valence-corrected chi connectivity index (χ4v) is 2.89. The van der Waals surface area contributed by atoms with E-state index in [1.54, 1.807) is 16.7 Å². The Kier molecular flexibility index (Phi) is 4.53. The van der Waals surface area contributed by atoms with Gasteiger partial charge in [0.2, 0.25) is 5.78 Å². The van der Waals surface area contributed by atoms with Crippen molar-refractivity contribution in [1.29, 1.82) is 0 Å². The molecule has 0 fully saturated rings. The molecule has 0 aliphatic heterocycles. The Balaban J connectivity index is 2.10. The molecule has 120 valence electrons. The Morgan fingerprint density at radius 2 is 1.91 bits per heavy atom. The van der Waals surface area contributed by atoms with E-state index in [4.69, 9.17) is 16.6 Å². The van der Waals surface area contributed by atoms with Crippen molar-refractivity contribution >= 4 is 17.4 Å². The summed E-state index contributed by atoms with van der Waals surface area (Å²) in [6.07, 6.45) is 5.22. The highest BCUT2D eigenvalue weighted by Gasteiger charge is 2.11. The van der Waals surface area contributed by atoms with Crippen LogP contribution in [0.3, 0.4) is 0 Å². The van der Waals surface area contributed by atoms with Gasteiger partial charge in [-0.25, -0.2) is 4.98 Å². The number of unbranched alkanes of at least 4 members (excludes halogenated alkanes) is 2. The molecular formula is C18H20ClN3O. The molecule has 3 rings (SSSR count). The van der Waals surface area contributed by atoms with Gasteiger partial charge in [-0.2, -0.15) is 0 Å². The van der Waals surface area contributed by atoms with Crippen LogP contribution in [0.1, 0.15) is 31.9 Å². The van der Waals surface area contributed by atoms with E-state index in [9.17, 15) is 4.79 Å². The molecule has 0 aliphatic carbocycles. The Hall–Kier alpha value is -2.07. The Labute approximate surface area is 140 Å². The molecule has 2 heterocycles. The molecular weight excluding hydrogens is 310 g/mol. The lowest BCUT2D eigenvalue weighted by Crippen LogP contribution is -2.18. The van der Waals surface area contributed by atoms with Crippen LogP contribution in [0, 0.1) is 6.92 Å². The lowest BCUT2D eigenvalue weighted by Gasteiger charge is -2.11. The zero-order chi connectivity index (χ0) is 16.4. The minimum Gasteiger partial charge on any atom is -0.315 e. The van der Waals surface area contributed by atoms with Crippen molar-refractivity contribution in [3.05, 3.63) is 57.6 Å². The lowest BCUT2D eigenvalue weighted by molar-refractivity contribution is 0.590. The van der Waals surface area contributed by atoms with Gasteiger partial charge in [-0.05, 0) is 25.5 Å². The molecule has 3 aromatic rings. The molecule has 0 radical (unpaired) electrons. The molecule has 0 spiro atoms. The van der Waals surface area contributed by atoms with Crippen LogP contribution in [0.4, 0.5) is 0 Å². The van der Waals surface area contributed by atoms with Crippen molar-refractivity contribution in [3.63, 3.8) is 0 Å². The van der Waals surface area contributed by atoms with Gasteiger partial charge in [-0.1, -0.05) is 43.5 Å². The summed E-state index contributed by atoms with van der Waals surface area (Å²) in [5.41, 5.74) is 2.65. The number of nitrogens with zero attached hydrogens (tertiary/aromatic N) is 3. The number of fused-ring (bicyclic) bond motifs is 1. The molecule has 23 heavy (non-hydrogen) atoms. The average Bonchev–Trinajstić information content (AvgIpc) is 2.97. The third-order valence-electron chi connectivity index (χ3n) is 4.05. The molecule has 0 N–H and O–H groups in total. The zero-order valence-electron chi connectivity index (χ0n) is 13.4. The molecule has 0 saturated heterocycles. The third-order valence-corrected chi connectivity index (χ3v) is 4.30. The van der Waals surface area contributed by atoms with Crippen LogP contribution in [-0.2, 0) is 6.54 Å². The Morgan fingerprint density at radius 3 is 2.61 bits per heavy atom. The van der Waals surface area contributed by atoms with Crippen molar-refractivity contribution in [3.8, 4) is 11.3 Å². The third kappa shape index (κ3) is 3.17. The molecule has 0 atom stereocenters. The molecule has 1 aromatic carbocycles. The molecule has 5 heteroatoms. The fourth-order valence-electron chi connectivity index (χ4n) is 2.76. The molecule has 0 bridgehead atoms. The van der Waals surface area contributed by atoms with Crippen molar-refractivity contribution in [2.24, 2.45) is 0 Å². The summed E-state index contributed by atoms with van der Waals surface area (Å²) < 4.78 is 3.75. The number of benzene rings is 1. The number of aryl methyl sites for hydroxylation is 2. The summed E-state index contributed by atoms with van der Waals surface area (Å²) in [4.78, 5) is 17.0. The van der Waals surface area contributed by atoms with Gasteiger partial charge in [0.25, 0.3) is 5.56 Å². The summed E-state index contributed by atoms with van der Waals surface area (Å²) in [5, 5.41) is 0.688. The first-order chi connectivity index (χ1) is 11.1. The smallest absolute Gasteiger partial charge is 0.259 e. The van der Waals surface area contributed by atoms with Crippen LogP contribution in [0.2, 0.25) is 5.02 Å². The average molecular weight is 330 g/mol. The normalized spacial score (nSPS) is 11.3. The standard InChI is InChI=1S/C18H20ClN3O/c1-3-4-5-10-21-13(2)11-17(23)22-12-16(20-18(21)22)14-6-8-15(19)9-7-14/h6-9,11-12H,3-5,10H2,1-2H3. The summed E-state index contributed by atoms with van der Waals surface area (Å²) in [5.74, 6) is 0.705. The van der Waals surface area contributed by atoms with E-state index in [2.05, 4.69) is 11.5 Å².